The van der Waals surface area contributed by atoms with E-state index in [-0.39, 0.29) is 29.8 Å². The molecule has 0 radical (unpaired) electrons. The van der Waals surface area contributed by atoms with Crippen LogP contribution in [0.15, 0.2) is 18.2 Å². The van der Waals surface area contributed by atoms with Gasteiger partial charge in [-0.25, -0.2) is 9.18 Å². The van der Waals surface area contributed by atoms with Crippen molar-refractivity contribution < 1.29 is 19.0 Å². The maximum atomic E-state index is 13.7. The highest BCUT2D eigenvalue weighted by molar-refractivity contribution is 5.74. The van der Waals surface area contributed by atoms with Crippen LogP contribution in [0.2, 0.25) is 0 Å². The van der Waals surface area contributed by atoms with Gasteiger partial charge in [-0.1, -0.05) is 6.07 Å². The number of aliphatic hydroxyl groups is 1. The molecule has 0 bridgehead atoms. The van der Waals surface area contributed by atoms with Crippen molar-refractivity contribution in [2.45, 2.75) is 25.8 Å². The Morgan fingerprint density at radius 2 is 2.23 bits per heavy atom. The quantitative estimate of drug-likeness (QED) is 0.847. The van der Waals surface area contributed by atoms with Crippen molar-refractivity contribution in [1.29, 1.82) is 0 Å². The normalized spacial score (nSPS) is 16.8. The largest absolute Gasteiger partial charge is 0.494 e. The minimum absolute atomic E-state index is 0.101. The van der Waals surface area contributed by atoms with Gasteiger partial charge in [-0.3, -0.25) is 0 Å². The molecule has 0 aromatic heterocycles. The monoisotopic (exact) mass is 310 g/mol. The van der Waals surface area contributed by atoms with Crippen molar-refractivity contribution in [3.63, 3.8) is 0 Å². The summed E-state index contributed by atoms with van der Waals surface area (Å²) in [4.78, 5) is 13.7. The molecule has 1 fully saturated rings. The lowest BCUT2D eigenvalue weighted by Crippen LogP contribution is -2.42. The third-order valence-corrected chi connectivity index (χ3v) is 4.23. The molecule has 2 N–H and O–H groups in total. The van der Waals surface area contributed by atoms with Gasteiger partial charge in [-0.05, 0) is 37.5 Å². The van der Waals surface area contributed by atoms with E-state index in [0.717, 1.165) is 12.8 Å². The fourth-order valence-corrected chi connectivity index (χ4v) is 2.45. The molecule has 1 atom stereocenters. The SMILES string of the molecule is COc1ccc(C(C)NC(=O)N(C)CC2(CO)CC2)cc1F. The number of hydrogen-bond acceptors (Lipinski definition) is 3. The molecule has 2 rings (SSSR count). The predicted molar refractivity (Wildman–Crippen MR) is 81.3 cm³/mol. The fraction of sp³-hybridized carbons (Fsp3) is 0.562. The molecule has 1 aromatic rings. The number of rotatable bonds is 6. The summed E-state index contributed by atoms with van der Waals surface area (Å²) in [6.07, 6.45) is 1.89. The lowest BCUT2D eigenvalue weighted by Gasteiger charge is -2.25. The van der Waals surface area contributed by atoms with Crippen LogP contribution in [-0.2, 0) is 0 Å². The zero-order valence-electron chi connectivity index (χ0n) is 13.2. The molecule has 5 nitrogen and oxygen atoms in total. The molecule has 1 aliphatic carbocycles. The van der Waals surface area contributed by atoms with Crippen LogP contribution in [0.3, 0.4) is 0 Å². The summed E-state index contributed by atoms with van der Waals surface area (Å²) in [6.45, 7) is 2.43. The van der Waals surface area contributed by atoms with Crippen molar-refractivity contribution in [1.82, 2.24) is 10.2 Å². The molecule has 6 heteroatoms. The summed E-state index contributed by atoms with van der Waals surface area (Å²) >= 11 is 0. The first-order valence-electron chi connectivity index (χ1n) is 7.37. The lowest BCUT2D eigenvalue weighted by molar-refractivity contribution is 0.160. The number of benzene rings is 1. The Kier molecular flexibility index (Phi) is 4.90. The Hall–Kier alpha value is -1.82. The zero-order chi connectivity index (χ0) is 16.3. The van der Waals surface area contributed by atoms with E-state index in [1.165, 1.54) is 13.2 Å². The van der Waals surface area contributed by atoms with E-state index in [2.05, 4.69) is 5.32 Å². The van der Waals surface area contributed by atoms with Crippen LogP contribution in [0.1, 0.15) is 31.4 Å². The molecule has 22 heavy (non-hydrogen) atoms. The molecule has 122 valence electrons. The molecule has 1 aliphatic rings. The zero-order valence-corrected chi connectivity index (χ0v) is 13.2. The number of urea groups is 1. The van der Waals surface area contributed by atoms with Gasteiger partial charge < -0.3 is 20.1 Å². The predicted octanol–water partition coefficient (Wildman–Crippen LogP) is 2.31. The summed E-state index contributed by atoms with van der Waals surface area (Å²) in [5, 5.41) is 12.1. The van der Waals surface area contributed by atoms with Gasteiger partial charge in [0.2, 0.25) is 0 Å². The Labute approximate surface area is 130 Å². The highest BCUT2D eigenvalue weighted by Crippen LogP contribution is 2.45. The van der Waals surface area contributed by atoms with Crippen LogP contribution >= 0.6 is 0 Å². The minimum Gasteiger partial charge on any atom is -0.494 e. The number of aliphatic hydroxyl groups excluding tert-OH is 1. The van der Waals surface area contributed by atoms with E-state index in [9.17, 15) is 14.3 Å². The fourth-order valence-electron chi connectivity index (χ4n) is 2.45. The Bertz CT molecular complexity index is 546. The average molecular weight is 310 g/mol. The third kappa shape index (κ3) is 3.68. The molecule has 0 spiro atoms. The number of hydrogen-bond donors (Lipinski definition) is 2. The third-order valence-electron chi connectivity index (χ3n) is 4.23. The number of halogens is 1. The summed E-state index contributed by atoms with van der Waals surface area (Å²) in [6, 6.07) is 4.08. The Morgan fingerprint density at radius 1 is 1.55 bits per heavy atom. The molecular formula is C16H23FN2O3. The standard InChI is InChI=1S/C16H23FN2O3/c1-11(12-4-5-14(22-3)13(17)8-12)18-15(21)19(2)9-16(10-20)6-7-16/h4-5,8,11,20H,6-7,9-10H2,1-3H3,(H,18,21). The van der Waals surface area contributed by atoms with Crippen LogP contribution in [0.25, 0.3) is 0 Å². The van der Waals surface area contributed by atoms with Gasteiger partial charge in [0.1, 0.15) is 0 Å². The van der Waals surface area contributed by atoms with Crippen molar-refractivity contribution in [2.75, 3.05) is 27.3 Å². The van der Waals surface area contributed by atoms with Crippen LogP contribution < -0.4 is 10.1 Å². The van der Waals surface area contributed by atoms with Crippen molar-refractivity contribution in [3.8, 4) is 5.75 Å². The van der Waals surface area contributed by atoms with Crippen molar-refractivity contribution in [3.05, 3.63) is 29.6 Å². The van der Waals surface area contributed by atoms with Gasteiger partial charge in [-0.15, -0.1) is 0 Å². The van der Waals surface area contributed by atoms with E-state index in [1.807, 2.05) is 0 Å². The highest BCUT2D eigenvalue weighted by atomic mass is 19.1. The summed E-state index contributed by atoms with van der Waals surface area (Å²) in [5.74, 6) is -0.273. The first-order chi connectivity index (χ1) is 10.4. The summed E-state index contributed by atoms with van der Waals surface area (Å²) in [7, 11) is 3.11. The molecule has 0 saturated heterocycles. The van der Waals surface area contributed by atoms with Gasteiger partial charge >= 0.3 is 6.03 Å². The van der Waals surface area contributed by atoms with E-state index in [1.54, 1.807) is 31.0 Å². The topological polar surface area (TPSA) is 61.8 Å². The van der Waals surface area contributed by atoms with E-state index >= 15 is 0 Å². The van der Waals surface area contributed by atoms with E-state index in [0.29, 0.717) is 12.1 Å². The number of carbonyl (C=O) groups is 1. The lowest BCUT2D eigenvalue weighted by atomic mass is 10.1. The van der Waals surface area contributed by atoms with Crippen molar-refractivity contribution >= 4 is 6.03 Å². The number of nitrogens with one attached hydrogen (secondary N) is 1. The number of carbonyl (C=O) groups excluding carboxylic acids is 1. The Morgan fingerprint density at radius 3 is 2.73 bits per heavy atom. The summed E-state index contributed by atoms with van der Waals surface area (Å²) < 4.78 is 18.6. The smallest absolute Gasteiger partial charge is 0.317 e. The van der Waals surface area contributed by atoms with Crippen LogP contribution in [-0.4, -0.2) is 43.3 Å². The molecule has 2 amide bonds. The van der Waals surface area contributed by atoms with E-state index < -0.39 is 5.82 Å². The second kappa shape index (κ2) is 6.52. The first kappa shape index (κ1) is 16.5. The van der Waals surface area contributed by atoms with Gasteiger partial charge in [-0.2, -0.15) is 0 Å². The summed E-state index contributed by atoms with van der Waals surface area (Å²) in [5.41, 5.74) is 0.546. The minimum atomic E-state index is -0.452. The van der Waals surface area contributed by atoms with Crippen LogP contribution in [0, 0.1) is 11.2 Å². The van der Waals surface area contributed by atoms with Gasteiger partial charge in [0, 0.05) is 19.0 Å². The molecule has 1 saturated carbocycles. The molecular weight excluding hydrogens is 287 g/mol. The number of nitrogens with zero attached hydrogens (tertiary/aromatic N) is 1. The van der Waals surface area contributed by atoms with E-state index in [4.69, 9.17) is 4.74 Å². The van der Waals surface area contributed by atoms with Crippen molar-refractivity contribution in [2.24, 2.45) is 5.41 Å². The molecule has 0 heterocycles. The van der Waals surface area contributed by atoms with Gasteiger partial charge in [0.25, 0.3) is 0 Å². The second-order valence-corrected chi connectivity index (χ2v) is 6.08. The first-order valence-corrected chi connectivity index (χ1v) is 7.37. The number of ether oxygens (including phenoxy) is 1. The second-order valence-electron chi connectivity index (χ2n) is 6.08. The maximum Gasteiger partial charge on any atom is 0.317 e. The van der Waals surface area contributed by atoms with Gasteiger partial charge in [0.05, 0.1) is 19.8 Å². The maximum absolute atomic E-state index is 13.7. The highest BCUT2D eigenvalue weighted by Gasteiger charge is 2.43. The van der Waals surface area contributed by atoms with Crippen LogP contribution in [0.4, 0.5) is 9.18 Å². The molecule has 0 aliphatic heterocycles. The molecule has 1 aromatic carbocycles. The Balaban J connectivity index is 1.94. The van der Waals surface area contributed by atoms with Crippen LogP contribution in [0.5, 0.6) is 5.75 Å². The average Bonchev–Trinajstić information content (AvgIpc) is 3.27. The molecule has 1 unspecified atom stereocenters. The number of methoxy groups -OCH3 is 1. The van der Waals surface area contributed by atoms with Gasteiger partial charge in [0.15, 0.2) is 11.6 Å². The number of amides is 2.